The van der Waals surface area contributed by atoms with Gasteiger partial charge in [0.1, 0.15) is 19.0 Å². The lowest BCUT2D eigenvalue weighted by molar-refractivity contribution is 0.210. The number of ether oxygens (including phenoxy) is 3. The van der Waals surface area contributed by atoms with Gasteiger partial charge < -0.3 is 19.9 Å². The van der Waals surface area contributed by atoms with Crippen molar-refractivity contribution in [2.24, 2.45) is 5.73 Å². The Morgan fingerprint density at radius 3 is 2.50 bits per heavy atom. The van der Waals surface area contributed by atoms with Gasteiger partial charge in [0.15, 0.2) is 11.5 Å². The molecule has 0 bridgehead atoms. The third kappa shape index (κ3) is 4.19. The van der Waals surface area contributed by atoms with Gasteiger partial charge in [-0.15, -0.1) is 0 Å². The fourth-order valence-corrected chi connectivity index (χ4v) is 2.26. The van der Waals surface area contributed by atoms with E-state index in [1.807, 2.05) is 18.2 Å². The summed E-state index contributed by atoms with van der Waals surface area (Å²) in [6, 6.07) is 10.6. The van der Waals surface area contributed by atoms with Crippen molar-refractivity contribution >= 4 is 23.2 Å². The van der Waals surface area contributed by atoms with E-state index >= 15 is 0 Å². The van der Waals surface area contributed by atoms with Gasteiger partial charge in [-0.1, -0.05) is 35.3 Å². The normalized spacial score (nSPS) is 10.4. The number of nitrogens with two attached hydrogens (primary N) is 1. The molecule has 22 heavy (non-hydrogen) atoms. The molecule has 6 heteroatoms. The predicted molar refractivity (Wildman–Crippen MR) is 88.3 cm³/mol. The summed E-state index contributed by atoms with van der Waals surface area (Å²) in [6.07, 6.45) is 0. The molecular formula is C16H17Cl2NO3. The van der Waals surface area contributed by atoms with Crippen LogP contribution in [0, 0.1) is 0 Å². The minimum absolute atomic E-state index is 0.322. The number of rotatable bonds is 7. The second-order valence-corrected chi connectivity index (χ2v) is 5.27. The van der Waals surface area contributed by atoms with Crippen LogP contribution in [0.4, 0.5) is 0 Å². The summed E-state index contributed by atoms with van der Waals surface area (Å²) in [5.41, 5.74) is 6.58. The molecule has 0 aliphatic heterocycles. The van der Waals surface area contributed by atoms with Gasteiger partial charge >= 0.3 is 0 Å². The van der Waals surface area contributed by atoms with Crippen molar-refractivity contribution in [2.45, 2.75) is 6.54 Å². The number of para-hydroxylation sites is 1. The molecule has 2 aromatic carbocycles. The van der Waals surface area contributed by atoms with E-state index in [2.05, 4.69) is 0 Å². The minimum Gasteiger partial charge on any atom is -0.493 e. The number of halogens is 2. The molecule has 0 amide bonds. The average molecular weight is 342 g/mol. The summed E-state index contributed by atoms with van der Waals surface area (Å²) < 4.78 is 16.6. The fourth-order valence-electron chi connectivity index (χ4n) is 1.93. The smallest absolute Gasteiger partial charge is 0.165 e. The summed E-state index contributed by atoms with van der Waals surface area (Å²) in [5.74, 6) is 1.80. The molecule has 0 saturated carbocycles. The quantitative estimate of drug-likeness (QED) is 0.775. The van der Waals surface area contributed by atoms with Gasteiger partial charge in [-0.05, 0) is 18.2 Å². The SMILES string of the molecule is COc1cccc(CN)c1OCCOc1cc(Cl)ccc1Cl. The fraction of sp³-hybridized carbons (Fsp3) is 0.250. The lowest BCUT2D eigenvalue weighted by Crippen LogP contribution is -2.12. The molecule has 2 aromatic rings. The predicted octanol–water partition coefficient (Wildman–Crippen LogP) is 3.92. The van der Waals surface area contributed by atoms with E-state index in [-0.39, 0.29) is 0 Å². The average Bonchev–Trinajstić information content (AvgIpc) is 2.54. The Labute approximate surface area is 139 Å². The molecule has 0 aromatic heterocycles. The Bertz CT molecular complexity index is 613. The van der Waals surface area contributed by atoms with Gasteiger partial charge in [0.2, 0.25) is 0 Å². The maximum absolute atomic E-state index is 6.03. The lowest BCUT2D eigenvalue weighted by Gasteiger charge is -2.15. The van der Waals surface area contributed by atoms with Gasteiger partial charge in [-0.2, -0.15) is 0 Å². The van der Waals surface area contributed by atoms with Gasteiger partial charge in [0, 0.05) is 23.2 Å². The van der Waals surface area contributed by atoms with Crippen LogP contribution in [-0.4, -0.2) is 20.3 Å². The van der Waals surface area contributed by atoms with Crippen molar-refractivity contribution in [3.8, 4) is 17.2 Å². The van der Waals surface area contributed by atoms with Crippen LogP contribution in [0.3, 0.4) is 0 Å². The van der Waals surface area contributed by atoms with Crippen LogP contribution in [0.15, 0.2) is 36.4 Å². The highest BCUT2D eigenvalue weighted by atomic mass is 35.5. The zero-order valence-electron chi connectivity index (χ0n) is 12.1. The molecule has 4 nitrogen and oxygen atoms in total. The highest BCUT2D eigenvalue weighted by molar-refractivity contribution is 6.34. The summed E-state index contributed by atoms with van der Waals surface area (Å²) in [5, 5.41) is 1.07. The van der Waals surface area contributed by atoms with E-state index in [0.29, 0.717) is 47.1 Å². The molecule has 0 unspecified atom stereocenters. The molecule has 2 rings (SSSR count). The third-order valence-electron chi connectivity index (χ3n) is 2.98. The van der Waals surface area contributed by atoms with Crippen molar-refractivity contribution in [1.82, 2.24) is 0 Å². The maximum atomic E-state index is 6.03. The topological polar surface area (TPSA) is 53.7 Å². The Kier molecular flexibility index (Phi) is 6.19. The Morgan fingerprint density at radius 2 is 1.77 bits per heavy atom. The molecule has 0 saturated heterocycles. The van der Waals surface area contributed by atoms with E-state index in [4.69, 9.17) is 43.1 Å². The van der Waals surface area contributed by atoms with Crippen LogP contribution in [0.1, 0.15) is 5.56 Å². The van der Waals surface area contributed by atoms with E-state index < -0.39 is 0 Å². The second kappa shape index (κ2) is 8.13. The number of methoxy groups -OCH3 is 1. The standard InChI is InChI=1S/C16H17Cl2NO3/c1-20-14-4-2-3-11(10-19)16(14)22-8-7-21-15-9-12(17)5-6-13(15)18/h2-6,9H,7-8,10,19H2,1H3. The minimum atomic E-state index is 0.322. The lowest BCUT2D eigenvalue weighted by atomic mass is 10.2. The van der Waals surface area contributed by atoms with Crippen LogP contribution >= 0.6 is 23.2 Å². The largest absolute Gasteiger partial charge is 0.493 e. The first kappa shape index (κ1) is 16.7. The van der Waals surface area contributed by atoms with E-state index in [1.54, 1.807) is 25.3 Å². The van der Waals surface area contributed by atoms with Crippen molar-refractivity contribution < 1.29 is 14.2 Å². The maximum Gasteiger partial charge on any atom is 0.165 e. The first-order valence-electron chi connectivity index (χ1n) is 6.72. The van der Waals surface area contributed by atoms with E-state index in [0.717, 1.165) is 5.56 Å². The Hall–Kier alpha value is -1.62. The third-order valence-corrected chi connectivity index (χ3v) is 3.53. The molecule has 0 radical (unpaired) electrons. The zero-order valence-corrected chi connectivity index (χ0v) is 13.7. The van der Waals surface area contributed by atoms with Gasteiger partial charge in [0.05, 0.1) is 12.1 Å². The Balaban J connectivity index is 1.95. The molecule has 0 atom stereocenters. The van der Waals surface area contributed by atoms with Gasteiger partial charge in [0.25, 0.3) is 0 Å². The zero-order chi connectivity index (χ0) is 15.9. The van der Waals surface area contributed by atoms with E-state index in [9.17, 15) is 0 Å². The van der Waals surface area contributed by atoms with Gasteiger partial charge in [-0.3, -0.25) is 0 Å². The van der Waals surface area contributed by atoms with Crippen molar-refractivity contribution in [1.29, 1.82) is 0 Å². The highest BCUT2D eigenvalue weighted by Crippen LogP contribution is 2.31. The summed E-state index contributed by atoms with van der Waals surface area (Å²) in [4.78, 5) is 0. The molecule has 0 heterocycles. The molecule has 118 valence electrons. The van der Waals surface area contributed by atoms with Crippen molar-refractivity contribution in [2.75, 3.05) is 20.3 Å². The molecule has 0 aliphatic carbocycles. The van der Waals surface area contributed by atoms with Gasteiger partial charge in [-0.25, -0.2) is 0 Å². The Morgan fingerprint density at radius 1 is 1.00 bits per heavy atom. The molecule has 0 aliphatic rings. The monoisotopic (exact) mass is 341 g/mol. The molecule has 2 N–H and O–H groups in total. The molecule has 0 fully saturated rings. The number of hydrogen-bond donors (Lipinski definition) is 1. The van der Waals surface area contributed by atoms with Crippen molar-refractivity contribution in [3.63, 3.8) is 0 Å². The van der Waals surface area contributed by atoms with Crippen LogP contribution in [-0.2, 0) is 6.54 Å². The summed E-state index contributed by atoms with van der Waals surface area (Å²) in [6.45, 7) is 1.02. The van der Waals surface area contributed by atoms with Crippen LogP contribution in [0.2, 0.25) is 10.0 Å². The molecule has 0 spiro atoms. The second-order valence-electron chi connectivity index (χ2n) is 4.42. The van der Waals surface area contributed by atoms with E-state index in [1.165, 1.54) is 0 Å². The van der Waals surface area contributed by atoms with Crippen LogP contribution in [0.5, 0.6) is 17.2 Å². The van der Waals surface area contributed by atoms with Crippen molar-refractivity contribution in [3.05, 3.63) is 52.0 Å². The molecular weight excluding hydrogens is 325 g/mol. The first-order valence-corrected chi connectivity index (χ1v) is 7.48. The number of hydrogen-bond acceptors (Lipinski definition) is 4. The van der Waals surface area contributed by atoms with Crippen LogP contribution < -0.4 is 19.9 Å². The first-order chi connectivity index (χ1) is 10.7. The summed E-state index contributed by atoms with van der Waals surface area (Å²) in [7, 11) is 1.59. The van der Waals surface area contributed by atoms with Crippen LogP contribution in [0.25, 0.3) is 0 Å². The highest BCUT2D eigenvalue weighted by Gasteiger charge is 2.09. The number of benzene rings is 2. The summed E-state index contributed by atoms with van der Waals surface area (Å²) >= 11 is 11.9.